The minimum Gasteiger partial charge on any atom is -0.300 e. The summed E-state index contributed by atoms with van der Waals surface area (Å²) < 4.78 is 0. The highest BCUT2D eigenvalue weighted by Crippen LogP contribution is 2.39. The van der Waals surface area contributed by atoms with E-state index in [0.717, 1.165) is 31.2 Å². The predicted molar refractivity (Wildman–Crippen MR) is 59.7 cm³/mol. The first-order valence-electron chi connectivity index (χ1n) is 6.62. The first kappa shape index (κ1) is 9.83. The quantitative estimate of drug-likeness (QED) is 0.658. The van der Waals surface area contributed by atoms with Crippen LogP contribution in [0.4, 0.5) is 0 Å². The normalized spacial score (nSPS) is 42.1. The number of hydrogen-bond donors (Lipinski definition) is 0. The predicted octanol–water partition coefficient (Wildman–Crippen LogP) is 2.37. The molecule has 3 rings (SSSR count). The van der Waals surface area contributed by atoms with Crippen LogP contribution in [0.2, 0.25) is 0 Å². The number of rotatable bonds is 1. The molecule has 15 heavy (non-hydrogen) atoms. The van der Waals surface area contributed by atoms with Crippen molar-refractivity contribution in [3.05, 3.63) is 0 Å². The van der Waals surface area contributed by atoms with E-state index in [2.05, 4.69) is 4.90 Å². The summed E-state index contributed by atoms with van der Waals surface area (Å²) in [6, 6.07) is 1.46. The van der Waals surface area contributed by atoms with Gasteiger partial charge in [-0.3, -0.25) is 9.69 Å². The van der Waals surface area contributed by atoms with E-state index in [1.165, 1.54) is 38.6 Å². The highest BCUT2D eigenvalue weighted by atomic mass is 16.1. The summed E-state index contributed by atoms with van der Waals surface area (Å²) >= 11 is 0. The fourth-order valence-corrected chi connectivity index (χ4v) is 3.97. The van der Waals surface area contributed by atoms with Crippen molar-refractivity contribution in [1.29, 1.82) is 0 Å². The van der Waals surface area contributed by atoms with Crippen LogP contribution in [-0.2, 0) is 4.79 Å². The number of carbonyl (C=O) groups excluding carboxylic acids is 1. The van der Waals surface area contributed by atoms with E-state index in [4.69, 9.17) is 0 Å². The maximum absolute atomic E-state index is 11.3. The molecule has 0 spiro atoms. The Morgan fingerprint density at radius 2 is 1.93 bits per heavy atom. The third-order valence-corrected chi connectivity index (χ3v) is 4.74. The van der Waals surface area contributed by atoms with Crippen molar-refractivity contribution >= 4 is 5.78 Å². The number of fused-ring (bicyclic) bond motifs is 1. The highest BCUT2D eigenvalue weighted by Gasteiger charge is 2.40. The summed E-state index contributed by atoms with van der Waals surface area (Å²) in [6.45, 7) is 1.27. The summed E-state index contributed by atoms with van der Waals surface area (Å²) in [7, 11) is 0. The summed E-state index contributed by atoms with van der Waals surface area (Å²) in [6.07, 6.45) is 9.94. The summed E-state index contributed by atoms with van der Waals surface area (Å²) in [5.74, 6) is 1.47. The van der Waals surface area contributed by atoms with E-state index in [1.807, 2.05) is 0 Å². The molecule has 2 heteroatoms. The van der Waals surface area contributed by atoms with Crippen molar-refractivity contribution in [1.82, 2.24) is 4.90 Å². The Bertz CT molecular complexity index is 263. The molecular formula is C13H21NO. The molecule has 1 heterocycles. The molecule has 1 aliphatic heterocycles. The van der Waals surface area contributed by atoms with Crippen molar-refractivity contribution < 1.29 is 4.79 Å². The maximum atomic E-state index is 11.3. The van der Waals surface area contributed by atoms with E-state index in [0.29, 0.717) is 11.8 Å². The van der Waals surface area contributed by atoms with Crippen LogP contribution in [0.25, 0.3) is 0 Å². The van der Waals surface area contributed by atoms with E-state index >= 15 is 0 Å². The smallest absolute Gasteiger partial charge is 0.134 e. The van der Waals surface area contributed by atoms with E-state index in [9.17, 15) is 4.79 Å². The van der Waals surface area contributed by atoms with Gasteiger partial charge in [-0.1, -0.05) is 12.8 Å². The molecule has 3 fully saturated rings. The zero-order chi connectivity index (χ0) is 10.3. The average Bonchev–Trinajstić information content (AvgIpc) is 2.83. The van der Waals surface area contributed by atoms with Gasteiger partial charge in [0.25, 0.3) is 0 Å². The maximum Gasteiger partial charge on any atom is 0.134 e. The second kappa shape index (κ2) is 3.89. The van der Waals surface area contributed by atoms with Gasteiger partial charge in [0.1, 0.15) is 5.78 Å². The van der Waals surface area contributed by atoms with Gasteiger partial charge in [0.05, 0.1) is 0 Å². The second-order valence-corrected chi connectivity index (χ2v) is 5.57. The fourth-order valence-electron chi connectivity index (χ4n) is 3.97. The first-order chi connectivity index (χ1) is 7.34. The topological polar surface area (TPSA) is 20.3 Å². The largest absolute Gasteiger partial charge is 0.300 e. The molecule has 0 aromatic heterocycles. The molecular weight excluding hydrogens is 186 g/mol. The first-order valence-corrected chi connectivity index (χ1v) is 6.62. The second-order valence-electron chi connectivity index (χ2n) is 5.57. The number of Topliss-reactive ketones (excluding diaryl/α,β-unsaturated/α-hetero) is 1. The molecule has 2 saturated carbocycles. The Hall–Kier alpha value is -0.370. The van der Waals surface area contributed by atoms with Crippen LogP contribution in [0.1, 0.15) is 51.4 Å². The Morgan fingerprint density at radius 3 is 2.73 bits per heavy atom. The van der Waals surface area contributed by atoms with E-state index < -0.39 is 0 Å². The molecule has 3 aliphatic rings. The van der Waals surface area contributed by atoms with Gasteiger partial charge in [-0.2, -0.15) is 0 Å². The SMILES string of the molecule is O=C1CCC(N2CCC3CCCCC32)C1. The molecule has 0 aromatic rings. The van der Waals surface area contributed by atoms with Crippen LogP contribution >= 0.6 is 0 Å². The molecule has 0 amide bonds. The fraction of sp³-hybridized carbons (Fsp3) is 0.923. The summed E-state index contributed by atoms with van der Waals surface area (Å²) in [5, 5.41) is 0. The number of ketones is 1. The molecule has 2 nitrogen and oxygen atoms in total. The van der Waals surface area contributed by atoms with Crippen LogP contribution in [0.15, 0.2) is 0 Å². The third kappa shape index (κ3) is 1.73. The molecule has 1 saturated heterocycles. The Kier molecular flexibility index (Phi) is 2.55. The van der Waals surface area contributed by atoms with E-state index in [1.54, 1.807) is 0 Å². The van der Waals surface area contributed by atoms with Crippen molar-refractivity contribution in [2.75, 3.05) is 6.54 Å². The van der Waals surface area contributed by atoms with Crippen molar-refractivity contribution in [2.45, 2.75) is 63.5 Å². The van der Waals surface area contributed by atoms with Gasteiger partial charge in [0, 0.05) is 24.9 Å². The van der Waals surface area contributed by atoms with Crippen molar-refractivity contribution in [3.8, 4) is 0 Å². The number of nitrogens with zero attached hydrogens (tertiary/aromatic N) is 1. The molecule has 3 unspecified atom stereocenters. The van der Waals surface area contributed by atoms with Crippen molar-refractivity contribution in [3.63, 3.8) is 0 Å². The Morgan fingerprint density at radius 1 is 1.07 bits per heavy atom. The van der Waals surface area contributed by atoms with Crippen LogP contribution in [0, 0.1) is 5.92 Å². The van der Waals surface area contributed by atoms with Crippen LogP contribution in [-0.4, -0.2) is 29.3 Å². The summed E-state index contributed by atoms with van der Waals surface area (Å²) in [5.41, 5.74) is 0. The minimum absolute atomic E-state index is 0.499. The molecule has 0 N–H and O–H groups in total. The van der Waals surface area contributed by atoms with Gasteiger partial charge in [-0.05, 0) is 38.1 Å². The Balaban J connectivity index is 1.68. The highest BCUT2D eigenvalue weighted by molar-refractivity contribution is 5.81. The lowest BCUT2D eigenvalue weighted by Gasteiger charge is -2.35. The van der Waals surface area contributed by atoms with Crippen LogP contribution in [0.5, 0.6) is 0 Å². The molecule has 0 radical (unpaired) electrons. The van der Waals surface area contributed by atoms with Crippen LogP contribution < -0.4 is 0 Å². The molecule has 2 aliphatic carbocycles. The number of carbonyl (C=O) groups is 1. The monoisotopic (exact) mass is 207 g/mol. The lowest BCUT2D eigenvalue weighted by atomic mass is 9.85. The number of hydrogen-bond acceptors (Lipinski definition) is 2. The van der Waals surface area contributed by atoms with Gasteiger partial charge in [0.2, 0.25) is 0 Å². The molecule has 3 atom stereocenters. The zero-order valence-electron chi connectivity index (χ0n) is 9.45. The standard InChI is InChI=1S/C13H21NO/c15-12-6-5-11(9-12)14-8-7-10-3-1-2-4-13(10)14/h10-11,13H,1-9H2. The lowest BCUT2D eigenvalue weighted by molar-refractivity contribution is -0.117. The zero-order valence-corrected chi connectivity index (χ0v) is 9.45. The lowest BCUT2D eigenvalue weighted by Crippen LogP contribution is -2.41. The van der Waals surface area contributed by atoms with Crippen molar-refractivity contribution in [2.24, 2.45) is 5.92 Å². The summed E-state index contributed by atoms with van der Waals surface area (Å²) in [4.78, 5) is 14.0. The molecule has 84 valence electrons. The van der Waals surface area contributed by atoms with Gasteiger partial charge in [-0.15, -0.1) is 0 Å². The Labute approximate surface area is 92.0 Å². The van der Waals surface area contributed by atoms with Gasteiger partial charge >= 0.3 is 0 Å². The van der Waals surface area contributed by atoms with Crippen LogP contribution in [0.3, 0.4) is 0 Å². The third-order valence-electron chi connectivity index (χ3n) is 4.74. The minimum atomic E-state index is 0.499. The molecule has 0 aromatic carbocycles. The number of likely N-dealkylation sites (tertiary alicyclic amines) is 1. The van der Waals surface area contributed by atoms with Gasteiger partial charge in [0.15, 0.2) is 0 Å². The van der Waals surface area contributed by atoms with Gasteiger partial charge < -0.3 is 0 Å². The van der Waals surface area contributed by atoms with E-state index in [-0.39, 0.29) is 0 Å². The molecule has 0 bridgehead atoms. The van der Waals surface area contributed by atoms with Gasteiger partial charge in [-0.25, -0.2) is 0 Å². The average molecular weight is 207 g/mol.